The van der Waals surface area contributed by atoms with Crippen molar-refractivity contribution in [1.29, 1.82) is 0 Å². The summed E-state index contributed by atoms with van der Waals surface area (Å²) >= 11 is 0. The third-order valence-corrected chi connectivity index (χ3v) is 6.46. The van der Waals surface area contributed by atoms with Gasteiger partial charge in [0.25, 0.3) is 0 Å². The summed E-state index contributed by atoms with van der Waals surface area (Å²) in [7, 11) is 0. The van der Waals surface area contributed by atoms with Crippen LogP contribution >= 0.6 is 12.4 Å². The first-order chi connectivity index (χ1) is 12.9. The molecular weight excluding hydrogens is 388 g/mol. The minimum atomic E-state index is -0.774. The lowest BCUT2D eigenvalue weighted by molar-refractivity contribution is -0.128. The van der Waals surface area contributed by atoms with E-state index in [0.717, 1.165) is 42.7 Å². The number of amides is 2. The van der Waals surface area contributed by atoms with Crippen molar-refractivity contribution in [3.63, 3.8) is 0 Å². The molecule has 2 amide bonds. The first-order valence-electron chi connectivity index (χ1n) is 9.74. The molecule has 0 radical (unpaired) electrons. The SMILES string of the molecule is Cl.NC1C2CCCC1CC(C(=O)NC1CC(=O)N(c3c(F)cccc3F)C1)C2. The van der Waals surface area contributed by atoms with Crippen molar-refractivity contribution in [3.05, 3.63) is 29.8 Å². The van der Waals surface area contributed by atoms with Crippen molar-refractivity contribution in [2.75, 3.05) is 11.4 Å². The fourth-order valence-electron chi connectivity index (χ4n) is 5.09. The Labute approximate surface area is 169 Å². The normalized spacial score (nSPS) is 32.0. The predicted octanol–water partition coefficient (Wildman–Crippen LogP) is 2.76. The number of nitrogens with two attached hydrogens (primary N) is 1. The smallest absolute Gasteiger partial charge is 0.229 e. The molecule has 1 saturated heterocycles. The number of benzene rings is 1. The molecule has 1 aromatic rings. The number of carbonyl (C=O) groups excluding carboxylic acids is 2. The number of anilines is 1. The molecule has 3 fully saturated rings. The van der Waals surface area contributed by atoms with Gasteiger partial charge >= 0.3 is 0 Å². The molecule has 5 nitrogen and oxygen atoms in total. The molecule has 3 unspecified atom stereocenters. The zero-order chi connectivity index (χ0) is 19.1. The largest absolute Gasteiger partial charge is 0.351 e. The first kappa shape index (κ1) is 21.0. The summed E-state index contributed by atoms with van der Waals surface area (Å²) in [6.07, 6.45) is 4.95. The van der Waals surface area contributed by atoms with Gasteiger partial charge < -0.3 is 16.0 Å². The maximum atomic E-state index is 14.0. The van der Waals surface area contributed by atoms with Gasteiger partial charge in [0.05, 0.1) is 6.04 Å². The molecule has 2 aliphatic carbocycles. The average molecular weight is 414 g/mol. The summed E-state index contributed by atoms with van der Waals surface area (Å²) in [4.78, 5) is 26.1. The Bertz CT molecular complexity index is 729. The van der Waals surface area contributed by atoms with E-state index >= 15 is 0 Å². The molecule has 154 valence electrons. The molecule has 0 aromatic heterocycles. The van der Waals surface area contributed by atoms with Gasteiger partial charge in [0.15, 0.2) is 0 Å². The van der Waals surface area contributed by atoms with Crippen LogP contribution in [-0.2, 0) is 9.59 Å². The maximum Gasteiger partial charge on any atom is 0.229 e. The lowest BCUT2D eigenvalue weighted by Crippen LogP contribution is -2.50. The number of nitrogens with zero attached hydrogens (tertiary/aromatic N) is 1. The molecule has 0 spiro atoms. The van der Waals surface area contributed by atoms with Crippen LogP contribution in [0.15, 0.2) is 18.2 Å². The average Bonchev–Trinajstić information content (AvgIpc) is 2.94. The van der Waals surface area contributed by atoms with Crippen LogP contribution in [0.25, 0.3) is 0 Å². The molecule has 8 heteroatoms. The fraction of sp³-hybridized carbons (Fsp3) is 0.600. The predicted molar refractivity (Wildman–Crippen MR) is 104 cm³/mol. The summed E-state index contributed by atoms with van der Waals surface area (Å²) in [5, 5.41) is 2.93. The van der Waals surface area contributed by atoms with Crippen molar-refractivity contribution in [1.82, 2.24) is 5.32 Å². The summed E-state index contributed by atoms with van der Waals surface area (Å²) in [5.74, 6) is -1.30. The van der Waals surface area contributed by atoms with E-state index in [1.165, 1.54) is 12.5 Å². The van der Waals surface area contributed by atoms with Gasteiger partial charge in [-0.1, -0.05) is 12.5 Å². The third kappa shape index (κ3) is 3.87. The Morgan fingerprint density at radius 2 is 1.75 bits per heavy atom. The molecule has 1 aliphatic heterocycles. The Balaban J connectivity index is 0.00000225. The van der Waals surface area contributed by atoms with Crippen LogP contribution in [-0.4, -0.2) is 30.4 Å². The number of hydrogen-bond acceptors (Lipinski definition) is 3. The van der Waals surface area contributed by atoms with Gasteiger partial charge in [-0.2, -0.15) is 0 Å². The van der Waals surface area contributed by atoms with Gasteiger partial charge in [-0.3, -0.25) is 9.59 Å². The van der Waals surface area contributed by atoms with Crippen LogP contribution in [0.5, 0.6) is 0 Å². The van der Waals surface area contributed by atoms with Crippen LogP contribution in [0.2, 0.25) is 0 Å². The molecule has 2 bridgehead atoms. The first-order valence-corrected chi connectivity index (χ1v) is 9.74. The van der Waals surface area contributed by atoms with E-state index in [4.69, 9.17) is 5.73 Å². The number of hydrogen-bond donors (Lipinski definition) is 2. The van der Waals surface area contributed by atoms with Crippen LogP contribution < -0.4 is 16.0 Å². The number of para-hydroxylation sites is 1. The highest BCUT2D eigenvalue weighted by Crippen LogP contribution is 2.42. The number of rotatable bonds is 3. The van der Waals surface area contributed by atoms with Gasteiger partial charge in [-0.25, -0.2) is 8.78 Å². The molecule has 1 heterocycles. The van der Waals surface area contributed by atoms with E-state index < -0.39 is 17.7 Å². The molecule has 3 aliphatic rings. The topological polar surface area (TPSA) is 75.4 Å². The van der Waals surface area contributed by atoms with Crippen molar-refractivity contribution < 1.29 is 18.4 Å². The molecule has 28 heavy (non-hydrogen) atoms. The number of fused-ring (bicyclic) bond motifs is 2. The summed E-state index contributed by atoms with van der Waals surface area (Å²) in [6.45, 7) is 0.0848. The standard InChI is InChI=1S/C20H25F2N3O2.ClH/c21-15-5-2-6-16(22)19(15)25-10-14(9-17(25)26)24-20(27)13-7-11-3-1-4-12(8-13)18(11)23;/h2,5-6,11-14,18H,1,3-4,7-10,23H2,(H,24,27);1H. The number of halogens is 3. The summed E-state index contributed by atoms with van der Waals surface area (Å²) in [6, 6.07) is 3.27. The van der Waals surface area contributed by atoms with Crippen molar-refractivity contribution in [3.8, 4) is 0 Å². The highest BCUT2D eigenvalue weighted by molar-refractivity contribution is 5.97. The zero-order valence-electron chi connectivity index (χ0n) is 15.6. The van der Waals surface area contributed by atoms with E-state index in [1.54, 1.807) is 0 Å². The quantitative estimate of drug-likeness (QED) is 0.800. The minimum absolute atomic E-state index is 0. The van der Waals surface area contributed by atoms with E-state index in [2.05, 4.69) is 5.32 Å². The third-order valence-electron chi connectivity index (χ3n) is 6.46. The zero-order valence-corrected chi connectivity index (χ0v) is 16.4. The van der Waals surface area contributed by atoms with Crippen LogP contribution in [0, 0.1) is 29.4 Å². The Morgan fingerprint density at radius 1 is 1.14 bits per heavy atom. The van der Waals surface area contributed by atoms with Crippen molar-refractivity contribution in [2.24, 2.45) is 23.5 Å². The molecular formula is C20H26ClF2N3O2. The lowest BCUT2D eigenvalue weighted by atomic mass is 9.65. The van der Waals surface area contributed by atoms with Gasteiger partial charge in [0.1, 0.15) is 17.3 Å². The van der Waals surface area contributed by atoms with E-state index in [1.807, 2.05) is 0 Å². The van der Waals surface area contributed by atoms with Gasteiger partial charge in [-0.15, -0.1) is 12.4 Å². The van der Waals surface area contributed by atoms with Crippen LogP contribution in [0.1, 0.15) is 38.5 Å². The van der Waals surface area contributed by atoms with Crippen LogP contribution in [0.4, 0.5) is 14.5 Å². The van der Waals surface area contributed by atoms with Gasteiger partial charge in [-0.05, 0) is 49.7 Å². The second kappa shape index (κ2) is 8.33. The van der Waals surface area contributed by atoms with E-state index in [9.17, 15) is 18.4 Å². The second-order valence-corrected chi connectivity index (χ2v) is 8.18. The highest BCUT2D eigenvalue weighted by Gasteiger charge is 2.42. The van der Waals surface area contributed by atoms with E-state index in [-0.39, 0.29) is 54.8 Å². The Kier molecular flexibility index (Phi) is 6.25. The van der Waals surface area contributed by atoms with Gasteiger partial charge in [0, 0.05) is 24.9 Å². The summed E-state index contributed by atoms with van der Waals surface area (Å²) in [5.41, 5.74) is 5.95. The Hall–Kier alpha value is -1.73. The summed E-state index contributed by atoms with van der Waals surface area (Å²) < 4.78 is 28.0. The molecule has 2 saturated carbocycles. The maximum absolute atomic E-state index is 14.0. The fourth-order valence-corrected chi connectivity index (χ4v) is 5.09. The van der Waals surface area contributed by atoms with E-state index in [0.29, 0.717) is 11.8 Å². The van der Waals surface area contributed by atoms with Crippen LogP contribution in [0.3, 0.4) is 0 Å². The number of nitrogens with one attached hydrogen (secondary N) is 1. The molecule has 1 aromatic carbocycles. The molecule has 3 atom stereocenters. The minimum Gasteiger partial charge on any atom is -0.351 e. The number of carbonyl (C=O) groups is 2. The molecule has 4 rings (SSSR count). The Morgan fingerprint density at radius 3 is 2.36 bits per heavy atom. The van der Waals surface area contributed by atoms with Crippen molar-refractivity contribution in [2.45, 2.75) is 50.6 Å². The monoisotopic (exact) mass is 413 g/mol. The van der Waals surface area contributed by atoms with Gasteiger partial charge in [0.2, 0.25) is 11.8 Å². The highest BCUT2D eigenvalue weighted by atomic mass is 35.5. The second-order valence-electron chi connectivity index (χ2n) is 8.18. The lowest BCUT2D eigenvalue weighted by Gasteiger charge is -2.43. The van der Waals surface area contributed by atoms with Crippen molar-refractivity contribution >= 4 is 29.9 Å². The molecule has 3 N–H and O–H groups in total.